The summed E-state index contributed by atoms with van der Waals surface area (Å²) in [7, 11) is 0. The maximum atomic E-state index is 13.3. The molecule has 1 aromatic heterocycles. The smallest absolute Gasteiger partial charge is 0.343 e. The van der Waals surface area contributed by atoms with Crippen LogP contribution in [-0.2, 0) is 0 Å². The van der Waals surface area contributed by atoms with Crippen LogP contribution in [0.1, 0.15) is 31.8 Å². The van der Waals surface area contributed by atoms with Crippen LogP contribution in [0.5, 0.6) is 5.75 Å². The van der Waals surface area contributed by atoms with Crippen LogP contribution in [0, 0.1) is 6.92 Å². The highest BCUT2D eigenvalue weighted by Crippen LogP contribution is 2.31. The van der Waals surface area contributed by atoms with Crippen molar-refractivity contribution in [2.24, 2.45) is 0 Å². The van der Waals surface area contributed by atoms with Crippen LogP contribution >= 0.6 is 0 Å². The maximum absolute atomic E-state index is 13.3. The van der Waals surface area contributed by atoms with E-state index in [1.807, 2.05) is 0 Å². The molecule has 4 aromatic rings. The van der Waals surface area contributed by atoms with Crippen molar-refractivity contribution in [2.75, 3.05) is 0 Å². The number of ketones is 1. The van der Waals surface area contributed by atoms with Crippen molar-refractivity contribution in [1.82, 2.24) is 0 Å². The Kier molecular flexibility index (Phi) is 4.79. The highest BCUT2D eigenvalue weighted by Gasteiger charge is 2.23. The average Bonchev–Trinajstić information content (AvgIpc) is 2.74. The van der Waals surface area contributed by atoms with Crippen LogP contribution in [-0.4, -0.2) is 11.8 Å². The molecule has 5 nitrogen and oxygen atoms in total. The highest BCUT2D eigenvalue weighted by atomic mass is 16.5. The fraction of sp³-hybridized carbons (Fsp3) is 0.0417. The second-order valence-corrected chi connectivity index (χ2v) is 6.51. The lowest BCUT2D eigenvalue weighted by molar-refractivity contribution is 0.0733. The number of carbonyl (C=O) groups is 2. The van der Waals surface area contributed by atoms with Gasteiger partial charge in [0.1, 0.15) is 11.3 Å². The van der Waals surface area contributed by atoms with Gasteiger partial charge in [0, 0.05) is 17.0 Å². The van der Waals surface area contributed by atoms with Crippen molar-refractivity contribution in [3.63, 3.8) is 0 Å². The Morgan fingerprint density at radius 1 is 0.828 bits per heavy atom. The van der Waals surface area contributed by atoms with E-state index in [4.69, 9.17) is 9.15 Å². The van der Waals surface area contributed by atoms with Gasteiger partial charge in [0.15, 0.2) is 5.58 Å². The normalized spacial score (nSPS) is 10.7. The Morgan fingerprint density at radius 2 is 1.45 bits per heavy atom. The molecule has 0 amide bonds. The second kappa shape index (κ2) is 7.56. The van der Waals surface area contributed by atoms with Gasteiger partial charge in [-0.15, -0.1) is 0 Å². The molecule has 0 bridgehead atoms. The topological polar surface area (TPSA) is 73.6 Å². The summed E-state index contributed by atoms with van der Waals surface area (Å²) in [6, 6.07) is 21.6. The molecular weight excluding hydrogens is 368 g/mol. The molecule has 5 heteroatoms. The molecular formula is C24H16O5. The van der Waals surface area contributed by atoms with E-state index >= 15 is 0 Å². The summed E-state index contributed by atoms with van der Waals surface area (Å²) in [6.07, 6.45) is 0. The van der Waals surface area contributed by atoms with E-state index in [0.717, 1.165) is 0 Å². The van der Waals surface area contributed by atoms with Gasteiger partial charge < -0.3 is 9.15 Å². The van der Waals surface area contributed by atoms with Crippen LogP contribution in [0.3, 0.4) is 0 Å². The van der Waals surface area contributed by atoms with Gasteiger partial charge in [-0.25, -0.2) is 9.59 Å². The van der Waals surface area contributed by atoms with Crippen molar-refractivity contribution in [3.8, 4) is 5.75 Å². The quantitative estimate of drug-likeness (QED) is 0.223. The molecule has 0 fully saturated rings. The van der Waals surface area contributed by atoms with Crippen LogP contribution in [0.4, 0.5) is 0 Å². The molecule has 0 saturated heterocycles. The van der Waals surface area contributed by atoms with E-state index in [2.05, 4.69) is 0 Å². The molecule has 0 saturated carbocycles. The molecule has 0 aliphatic rings. The van der Waals surface area contributed by atoms with Gasteiger partial charge in [-0.05, 0) is 36.8 Å². The van der Waals surface area contributed by atoms with Gasteiger partial charge in [-0.2, -0.15) is 0 Å². The number of hydrogen-bond acceptors (Lipinski definition) is 5. The Labute approximate surface area is 166 Å². The van der Waals surface area contributed by atoms with E-state index < -0.39 is 17.4 Å². The van der Waals surface area contributed by atoms with E-state index in [1.165, 1.54) is 6.07 Å². The lowest BCUT2D eigenvalue weighted by atomic mass is 9.98. The fourth-order valence-corrected chi connectivity index (χ4v) is 3.13. The van der Waals surface area contributed by atoms with Gasteiger partial charge in [-0.1, -0.05) is 48.5 Å². The van der Waals surface area contributed by atoms with Crippen LogP contribution in [0.15, 0.2) is 88.1 Å². The highest BCUT2D eigenvalue weighted by molar-refractivity contribution is 6.17. The van der Waals surface area contributed by atoms with Crippen LogP contribution in [0.25, 0.3) is 11.0 Å². The third-order valence-corrected chi connectivity index (χ3v) is 4.56. The number of aryl methyl sites for hydroxylation is 1. The molecule has 0 radical (unpaired) electrons. The second-order valence-electron chi connectivity index (χ2n) is 6.51. The van der Waals surface area contributed by atoms with Crippen LogP contribution < -0.4 is 10.4 Å². The average molecular weight is 384 g/mol. The first-order valence-electron chi connectivity index (χ1n) is 8.99. The summed E-state index contributed by atoms with van der Waals surface area (Å²) < 4.78 is 10.9. The summed E-state index contributed by atoms with van der Waals surface area (Å²) in [5.74, 6) is -0.975. The third-order valence-electron chi connectivity index (χ3n) is 4.56. The first-order valence-corrected chi connectivity index (χ1v) is 8.99. The summed E-state index contributed by atoms with van der Waals surface area (Å²) in [5.41, 5.74) is 0.960. The number of hydrogen-bond donors (Lipinski definition) is 0. The van der Waals surface area contributed by atoms with Gasteiger partial charge in [0.05, 0.1) is 5.56 Å². The zero-order chi connectivity index (χ0) is 20.4. The first-order chi connectivity index (χ1) is 14.0. The van der Waals surface area contributed by atoms with E-state index in [-0.39, 0.29) is 16.9 Å². The van der Waals surface area contributed by atoms with Crippen molar-refractivity contribution >= 4 is 22.7 Å². The predicted molar refractivity (Wildman–Crippen MR) is 108 cm³/mol. The number of rotatable bonds is 4. The summed E-state index contributed by atoms with van der Waals surface area (Å²) >= 11 is 0. The van der Waals surface area contributed by atoms with Crippen molar-refractivity contribution < 1.29 is 18.7 Å². The SMILES string of the molecule is Cc1cc(=O)oc2c(C(=O)c3ccccc3)c(OC(=O)c3ccccc3)ccc12. The summed E-state index contributed by atoms with van der Waals surface area (Å²) in [5, 5.41) is 0.600. The van der Waals surface area contributed by atoms with E-state index in [1.54, 1.807) is 79.7 Å². The third kappa shape index (κ3) is 3.58. The minimum atomic E-state index is -0.609. The lowest BCUT2D eigenvalue weighted by Crippen LogP contribution is -2.13. The molecule has 0 N–H and O–H groups in total. The summed E-state index contributed by atoms with van der Waals surface area (Å²) in [6.45, 7) is 1.76. The molecule has 1 heterocycles. The Balaban J connectivity index is 1.91. The van der Waals surface area contributed by atoms with Gasteiger partial charge in [0.2, 0.25) is 5.78 Å². The monoisotopic (exact) mass is 384 g/mol. The van der Waals surface area contributed by atoms with Gasteiger partial charge >= 0.3 is 11.6 Å². The van der Waals surface area contributed by atoms with E-state index in [9.17, 15) is 14.4 Å². The van der Waals surface area contributed by atoms with Crippen molar-refractivity contribution in [1.29, 1.82) is 0 Å². The maximum Gasteiger partial charge on any atom is 0.343 e. The number of ether oxygens (including phenoxy) is 1. The number of fused-ring (bicyclic) bond motifs is 1. The Bertz CT molecular complexity index is 1270. The van der Waals surface area contributed by atoms with E-state index in [0.29, 0.717) is 22.1 Å². The molecule has 29 heavy (non-hydrogen) atoms. The molecule has 0 aliphatic carbocycles. The number of carbonyl (C=O) groups excluding carboxylic acids is 2. The molecule has 0 aliphatic heterocycles. The standard InChI is InChI=1S/C24H16O5/c1-15-14-20(25)29-23-18(15)12-13-19(28-24(27)17-10-6-3-7-11-17)21(23)22(26)16-8-4-2-5-9-16/h2-14H,1H3. The summed E-state index contributed by atoms with van der Waals surface area (Å²) in [4.78, 5) is 37.8. The van der Waals surface area contributed by atoms with Gasteiger partial charge in [0.25, 0.3) is 0 Å². The molecule has 3 aromatic carbocycles. The van der Waals surface area contributed by atoms with Gasteiger partial charge in [-0.3, -0.25) is 4.79 Å². The number of esters is 1. The minimum Gasteiger partial charge on any atom is -0.422 e. The Morgan fingerprint density at radius 3 is 2.10 bits per heavy atom. The molecule has 0 spiro atoms. The van der Waals surface area contributed by atoms with Crippen molar-refractivity contribution in [2.45, 2.75) is 6.92 Å². The predicted octanol–water partition coefficient (Wildman–Crippen LogP) is 4.55. The molecule has 4 rings (SSSR count). The van der Waals surface area contributed by atoms with Crippen LogP contribution in [0.2, 0.25) is 0 Å². The fourth-order valence-electron chi connectivity index (χ4n) is 3.13. The first kappa shape index (κ1) is 18.4. The zero-order valence-corrected chi connectivity index (χ0v) is 15.5. The zero-order valence-electron chi connectivity index (χ0n) is 15.5. The van der Waals surface area contributed by atoms with Crippen molar-refractivity contribution in [3.05, 3.63) is 112 Å². The molecule has 0 atom stereocenters. The Hall–Kier alpha value is -3.99. The largest absolute Gasteiger partial charge is 0.422 e. The molecule has 0 unspecified atom stereocenters. The number of benzene rings is 3. The molecule has 142 valence electrons. The minimum absolute atomic E-state index is 0.0361. The lowest BCUT2D eigenvalue weighted by Gasteiger charge is -2.12.